The van der Waals surface area contributed by atoms with Crippen LogP contribution in [0.1, 0.15) is 94.4 Å². The van der Waals surface area contributed by atoms with Crippen molar-refractivity contribution in [2.24, 2.45) is 11.8 Å². The van der Waals surface area contributed by atoms with E-state index in [1.54, 1.807) is 12.0 Å². The molecule has 0 aliphatic carbocycles. The van der Waals surface area contributed by atoms with Crippen molar-refractivity contribution in [3.63, 3.8) is 0 Å². The van der Waals surface area contributed by atoms with Crippen LogP contribution in [0.3, 0.4) is 0 Å². The quantitative estimate of drug-likeness (QED) is 0.128. The predicted octanol–water partition coefficient (Wildman–Crippen LogP) is 6.31. The molecule has 1 aliphatic rings. The number of hydrogen-bond acceptors (Lipinski definition) is 7. The Morgan fingerprint density at radius 3 is 2.42 bits per heavy atom. The van der Waals surface area contributed by atoms with Gasteiger partial charge in [0.1, 0.15) is 6.61 Å². The first-order valence-corrected chi connectivity index (χ1v) is 16.3. The zero-order chi connectivity index (χ0) is 32.4. The fourth-order valence-corrected chi connectivity index (χ4v) is 5.71. The number of nitrogens with one attached hydrogen (secondary N) is 1. The minimum absolute atomic E-state index is 0.0178. The van der Waals surface area contributed by atoms with Crippen LogP contribution in [0.15, 0.2) is 23.8 Å². The highest BCUT2D eigenvalue weighted by atomic mass is 16.6. The number of hydrogen-bond donors (Lipinski definition) is 1. The average Bonchev–Trinajstić information content (AvgIpc) is 2.95. The maximum atomic E-state index is 12.3. The Bertz CT molecular complexity index is 852. The molecule has 250 valence electrons. The van der Waals surface area contributed by atoms with E-state index in [0.29, 0.717) is 31.5 Å². The third-order valence-corrected chi connectivity index (χ3v) is 8.07. The van der Waals surface area contributed by atoms with Crippen LogP contribution >= 0.6 is 0 Å². The highest BCUT2D eigenvalue weighted by Crippen LogP contribution is 2.29. The first-order chi connectivity index (χ1) is 20.4. The standard InChI is InChI=1S/C34H62N2O7/c1-11-30(39-10)28(7)43-34(8,9)23-25(4)15-14-16-26(5)32-27(6)17-18-29(42-32)24-35-31(37)19-20-40-21-22-41-33(38)36(12-2)13-3/h14-16,25,27-30,32H,11-13,17-24H2,1-10H3,(H,35,37)/b15-14+,26-16+/t25-,27+,28?,29-,30+,32-/m1/s1. The topological polar surface area (TPSA) is 95.6 Å². The van der Waals surface area contributed by atoms with E-state index in [-0.39, 0.29) is 68.3 Å². The van der Waals surface area contributed by atoms with Gasteiger partial charge in [0.2, 0.25) is 5.91 Å². The Labute approximate surface area is 262 Å². The molecule has 0 aromatic heterocycles. The Balaban J connectivity index is 2.43. The molecular formula is C34H62N2O7. The van der Waals surface area contributed by atoms with Crippen molar-refractivity contribution in [1.82, 2.24) is 10.2 Å². The molecule has 0 aromatic rings. The second kappa shape index (κ2) is 20.9. The van der Waals surface area contributed by atoms with Crippen molar-refractivity contribution >= 4 is 12.0 Å². The lowest BCUT2D eigenvalue weighted by Crippen LogP contribution is -2.41. The lowest BCUT2D eigenvalue weighted by atomic mass is 9.89. The van der Waals surface area contributed by atoms with Crippen molar-refractivity contribution in [2.75, 3.05) is 46.6 Å². The van der Waals surface area contributed by atoms with Crippen LogP contribution in [0.2, 0.25) is 0 Å². The highest BCUT2D eigenvalue weighted by Gasteiger charge is 2.30. The summed E-state index contributed by atoms with van der Waals surface area (Å²) in [5, 5.41) is 2.98. The molecule has 0 bridgehead atoms. The third-order valence-electron chi connectivity index (χ3n) is 8.07. The predicted molar refractivity (Wildman–Crippen MR) is 172 cm³/mol. The molecule has 1 N–H and O–H groups in total. The number of allylic oxidation sites excluding steroid dienone is 3. The number of carbonyl (C=O) groups excluding carboxylic acids is 2. The van der Waals surface area contributed by atoms with E-state index in [1.165, 1.54) is 5.57 Å². The van der Waals surface area contributed by atoms with Gasteiger partial charge >= 0.3 is 6.09 Å². The summed E-state index contributed by atoms with van der Waals surface area (Å²) in [5.74, 6) is 0.698. The Morgan fingerprint density at radius 1 is 1.09 bits per heavy atom. The molecule has 1 saturated heterocycles. The van der Waals surface area contributed by atoms with E-state index >= 15 is 0 Å². The van der Waals surface area contributed by atoms with Gasteiger partial charge in [0.05, 0.1) is 43.2 Å². The van der Waals surface area contributed by atoms with E-state index < -0.39 is 0 Å². The van der Waals surface area contributed by atoms with Crippen molar-refractivity contribution in [3.05, 3.63) is 23.8 Å². The number of amides is 2. The molecule has 1 fully saturated rings. The van der Waals surface area contributed by atoms with Gasteiger partial charge in [-0.25, -0.2) is 4.79 Å². The van der Waals surface area contributed by atoms with Gasteiger partial charge in [-0.15, -0.1) is 0 Å². The van der Waals surface area contributed by atoms with E-state index in [1.807, 2.05) is 13.8 Å². The summed E-state index contributed by atoms with van der Waals surface area (Å²) in [7, 11) is 1.74. The Morgan fingerprint density at radius 2 is 1.79 bits per heavy atom. The Kier molecular flexibility index (Phi) is 19.0. The van der Waals surface area contributed by atoms with Crippen LogP contribution in [0, 0.1) is 11.8 Å². The number of carbonyl (C=O) groups is 2. The maximum Gasteiger partial charge on any atom is 0.409 e. The molecule has 1 heterocycles. The molecule has 1 unspecified atom stereocenters. The minimum atomic E-state index is -0.342. The molecule has 6 atom stereocenters. The van der Waals surface area contributed by atoms with Crippen LogP contribution in [0.4, 0.5) is 4.79 Å². The molecule has 0 saturated carbocycles. The smallest absolute Gasteiger partial charge is 0.409 e. The van der Waals surface area contributed by atoms with Gasteiger partial charge in [0.15, 0.2) is 0 Å². The summed E-state index contributed by atoms with van der Waals surface area (Å²) in [4.78, 5) is 25.7. The lowest BCUT2D eigenvalue weighted by molar-refractivity contribution is -0.125. The van der Waals surface area contributed by atoms with Gasteiger partial charge in [-0.05, 0) is 84.6 Å². The first-order valence-electron chi connectivity index (χ1n) is 16.3. The summed E-state index contributed by atoms with van der Waals surface area (Å²) in [6, 6.07) is 0. The summed E-state index contributed by atoms with van der Waals surface area (Å²) >= 11 is 0. The molecule has 9 heteroatoms. The highest BCUT2D eigenvalue weighted by molar-refractivity contribution is 5.75. The largest absolute Gasteiger partial charge is 0.447 e. The van der Waals surface area contributed by atoms with E-state index in [2.05, 4.69) is 72.0 Å². The van der Waals surface area contributed by atoms with Gasteiger partial charge in [-0.1, -0.05) is 39.0 Å². The van der Waals surface area contributed by atoms with Gasteiger partial charge < -0.3 is 33.9 Å². The summed E-state index contributed by atoms with van der Waals surface area (Å²) in [6.07, 6.45) is 10.4. The molecule has 0 aromatic carbocycles. The minimum Gasteiger partial charge on any atom is -0.447 e. The first kappa shape index (κ1) is 39.1. The molecule has 0 spiro atoms. The molecule has 9 nitrogen and oxygen atoms in total. The lowest BCUT2D eigenvalue weighted by Gasteiger charge is -2.35. The van der Waals surface area contributed by atoms with Gasteiger partial charge in [-0.2, -0.15) is 0 Å². The number of nitrogens with zero attached hydrogens (tertiary/aromatic N) is 1. The van der Waals surface area contributed by atoms with Crippen LogP contribution in [-0.2, 0) is 28.5 Å². The summed E-state index contributed by atoms with van der Waals surface area (Å²) in [5.41, 5.74) is 0.940. The summed E-state index contributed by atoms with van der Waals surface area (Å²) < 4.78 is 28.9. The molecule has 1 rings (SSSR count). The second-order valence-corrected chi connectivity index (χ2v) is 12.4. The fourth-order valence-electron chi connectivity index (χ4n) is 5.71. The van der Waals surface area contributed by atoms with Crippen molar-refractivity contribution < 1.29 is 33.3 Å². The molecular weight excluding hydrogens is 548 g/mol. The van der Waals surface area contributed by atoms with Crippen molar-refractivity contribution in [3.8, 4) is 0 Å². The molecule has 0 radical (unpaired) electrons. The molecule has 43 heavy (non-hydrogen) atoms. The van der Waals surface area contributed by atoms with Gasteiger partial charge in [0.25, 0.3) is 0 Å². The SMILES string of the molecule is CC[C@H](OC)C(C)OC(C)(C)C[C@H](C)/C=C/C=C(\C)[C@H]1O[C@@H](CNC(=O)CCOCCOC(=O)N(CC)CC)CC[C@@H]1C. The van der Waals surface area contributed by atoms with Gasteiger partial charge in [0, 0.05) is 33.2 Å². The fraction of sp³-hybridized carbons (Fsp3) is 0.824. The number of ether oxygens (including phenoxy) is 5. The Hall–Kier alpha value is -1.94. The van der Waals surface area contributed by atoms with Crippen LogP contribution in [0.25, 0.3) is 0 Å². The van der Waals surface area contributed by atoms with E-state index in [4.69, 9.17) is 23.7 Å². The van der Waals surface area contributed by atoms with Crippen molar-refractivity contribution in [1.29, 1.82) is 0 Å². The normalized spacial score (nSPS) is 21.8. The van der Waals surface area contributed by atoms with Crippen LogP contribution < -0.4 is 5.32 Å². The summed E-state index contributed by atoms with van der Waals surface area (Å²) in [6.45, 7) is 21.3. The van der Waals surface area contributed by atoms with E-state index in [0.717, 1.165) is 25.7 Å². The van der Waals surface area contributed by atoms with Crippen molar-refractivity contribution in [2.45, 2.75) is 124 Å². The van der Waals surface area contributed by atoms with Crippen LogP contribution in [-0.4, -0.2) is 93.5 Å². The molecule has 2 amide bonds. The van der Waals surface area contributed by atoms with Gasteiger partial charge in [-0.3, -0.25) is 4.79 Å². The second-order valence-electron chi connectivity index (χ2n) is 12.4. The monoisotopic (exact) mass is 610 g/mol. The number of methoxy groups -OCH3 is 1. The van der Waals surface area contributed by atoms with Crippen LogP contribution in [0.5, 0.6) is 0 Å². The zero-order valence-corrected chi connectivity index (χ0v) is 28.8. The average molecular weight is 611 g/mol. The maximum absolute atomic E-state index is 12.3. The van der Waals surface area contributed by atoms with E-state index in [9.17, 15) is 9.59 Å². The number of rotatable bonds is 20. The zero-order valence-electron chi connectivity index (χ0n) is 28.8. The molecule has 1 aliphatic heterocycles. The third kappa shape index (κ3) is 15.6.